The van der Waals surface area contributed by atoms with Crippen molar-refractivity contribution in [3.05, 3.63) is 0 Å². The second kappa shape index (κ2) is 10.8. The Kier molecular flexibility index (Phi) is 23.9. The normalized spacial score (nSPS) is 3.00. The molecule has 3 heteroatoms. The molecule has 0 aliphatic carbocycles. The quantitative estimate of drug-likeness (QED) is 0.310. The van der Waals surface area contributed by atoms with Crippen LogP contribution >= 0.6 is 24.0 Å². The predicted octanol–water partition coefficient (Wildman–Crippen LogP) is 0.438. The topological polar surface area (TPSA) is 49.9 Å². The van der Waals surface area contributed by atoms with Gasteiger partial charge in [0.05, 0.1) is 6.34 Å². The third-order valence-electron chi connectivity index (χ3n) is 0. The summed E-state index contributed by atoms with van der Waals surface area (Å²) in [6.45, 7) is 0. The van der Waals surface area contributed by atoms with E-state index in [9.17, 15) is 0 Å². The van der Waals surface area contributed by atoms with Gasteiger partial charge in [-0.15, -0.1) is 0 Å². The van der Waals surface area contributed by atoms with Gasteiger partial charge >= 0.3 is 0 Å². The van der Waals surface area contributed by atoms with Crippen LogP contribution in [-0.4, -0.2) is 6.34 Å². The summed E-state index contributed by atoms with van der Waals surface area (Å²) in [5.74, 6) is 0. The molecule has 0 aromatic rings. The number of nitrogens with one attached hydrogen (secondary N) is 1. The number of halogens is 1. The summed E-state index contributed by atoms with van der Waals surface area (Å²) in [6.07, 6.45) is 0.750. The molecule has 0 spiro atoms. The van der Waals surface area contributed by atoms with Crippen molar-refractivity contribution >= 4 is 30.3 Å². The summed E-state index contributed by atoms with van der Waals surface area (Å²) in [4.78, 5) is 0. The first-order valence-corrected chi connectivity index (χ1v) is 0.622. The monoisotopic (exact) mass is 171 g/mol. The van der Waals surface area contributed by atoms with Crippen molar-refractivity contribution in [2.24, 2.45) is 5.73 Å². The van der Waals surface area contributed by atoms with Gasteiger partial charge in [-0.25, -0.2) is 0 Å². The van der Waals surface area contributed by atoms with Gasteiger partial charge < -0.3 is 5.73 Å². The molecule has 0 atom stereocenters. The molecule has 0 aliphatic heterocycles. The van der Waals surface area contributed by atoms with Gasteiger partial charge in [-0.2, -0.15) is 0 Å². The van der Waals surface area contributed by atoms with Gasteiger partial charge in [0.15, 0.2) is 0 Å². The van der Waals surface area contributed by atoms with E-state index in [1.165, 1.54) is 0 Å². The average molecular weight is 171 g/mol. The minimum Gasteiger partial charge on any atom is -0.390 e. The van der Waals surface area contributed by atoms with Crippen LogP contribution in [0.4, 0.5) is 0 Å². The van der Waals surface area contributed by atoms with Gasteiger partial charge in [-0.3, -0.25) is 5.41 Å². The van der Waals surface area contributed by atoms with Gasteiger partial charge in [0, 0.05) is 24.0 Å². The van der Waals surface area contributed by atoms with Crippen LogP contribution in [0.5, 0.6) is 0 Å². The lowest BCUT2D eigenvalue weighted by Crippen LogP contribution is -1.81. The fraction of sp³-hybridized carbons (Fsp3) is 0. The largest absolute Gasteiger partial charge is 0.390 e. The summed E-state index contributed by atoms with van der Waals surface area (Å²) < 4.78 is 0. The van der Waals surface area contributed by atoms with Crippen molar-refractivity contribution in [1.29, 1.82) is 5.41 Å². The van der Waals surface area contributed by atoms with Crippen LogP contribution in [0.3, 0.4) is 0 Å². The van der Waals surface area contributed by atoms with E-state index in [2.05, 4.69) is 5.73 Å². The zero-order valence-corrected chi connectivity index (χ0v) is 4.19. The minimum atomic E-state index is 0. The summed E-state index contributed by atoms with van der Waals surface area (Å²) in [6, 6.07) is 0. The highest BCUT2D eigenvalue weighted by Crippen LogP contribution is 0.886. The molecule has 0 rings (SSSR count). The molecule has 0 aromatic carbocycles. The van der Waals surface area contributed by atoms with Crippen LogP contribution in [-0.2, 0) is 0 Å². The third-order valence-corrected chi connectivity index (χ3v) is 0. The SMILES string of the molecule is N=CN.[I]. The first-order valence-electron chi connectivity index (χ1n) is 0.622. The Labute approximate surface area is 41.9 Å². The Morgan fingerprint density at radius 2 is 1.75 bits per heavy atom. The highest BCUT2D eigenvalue weighted by atomic mass is 127. The van der Waals surface area contributed by atoms with Gasteiger partial charge in [-0.05, 0) is 0 Å². The standard InChI is InChI=1S/CH4N2.I/c2-1-3;/h1H,(H3,2,3);. The lowest BCUT2D eigenvalue weighted by atomic mass is 11.4. The molecule has 0 bridgehead atoms. The Balaban J connectivity index is 0. The number of hydrogen-bond acceptors (Lipinski definition) is 1. The summed E-state index contributed by atoms with van der Waals surface area (Å²) in [7, 11) is 0. The maximum absolute atomic E-state index is 5.86. The molecule has 2 nitrogen and oxygen atoms in total. The third kappa shape index (κ3) is 79.2. The smallest absolute Gasteiger partial charge is 0.0765 e. The maximum Gasteiger partial charge on any atom is 0.0765 e. The van der Waals surface area contributed by atoms with Crippen molar-refractivity contribution < 1.29 is 0 Å². The minimum absolute atomic E-state index is 0. The summed E-state index contributed by atoms with van der Waals surface area (Å²) in [5.41, 5.74) is 4.39. The molecule has 0 saturated carbocycles. The van der Waals surface area contributed by atoms with Gasteiger partial charge in [0.1, 0.15) is 0 Å². The second-order valence-electron chi connectivity index (χ2n) is 0.167. The second-order valence-corrected chi connectivity index (χ2v) is 0.167. The molecule has 1 radical (unpaired) electrons. The van der Waals surface area contributed by atoms with E-state index in [0.717, 1.165) is 6.34 Å². The van der Waals surface area contributed by atoms with Crippen LogP contribution in [0.2, 0.25) is 0 Å². The van der Waals surface area contributed by atoms with Crippen LogP contribution in [0, 0.1) is 5.41 Å². The number of hydrogen-bond donors (Lipinski definition) is 2. The lowest BCUT2D eigenvalue weighted by molar-refractivity contribution is 1.52. The molecular formula is CH4IN2. The maximum atomic E-state index is 5.86. The summed E-state index contributed by atoms with van der Waals surface area (Å²) >= 11 is 0. The highest BCUT2D eigenvalue weighted by Gasteiger charge is 1.10. The molecule has 0 heterocycles. The molecule has 0 unspecified atom stereocenters. The molecule has 25 valence electrons. The number of nitrogens with two attached hydrogens (primary N) is 1. The fourth-order valence-corrected chi connectivity index (χ4v) is 0. The van der Waals surface area contributed by atoms with E-state index >= 15 is 0 Å². The van der Waals surface area contributed by atoms with Crippen molar-refractivity contribution in [3.8, 4) is 0 Å². The van der Waals surface area contributed by atoms with Gasteiger partial charge in [0.25, 0.3) is 0 Å². The summed E-state index contributed by atoms with van der Waals surface area (Å²) in [5, 5.41) is 5.86. The zero-order valence-electron chi connectivity index (χ0n) is 2.03. The van der Waals surface area contributed by atoms with E-state index in [4.69, 9.17) is 5.41 Å². The predicted molar refractivity (Wildman–Crippen MR) is 27.0 cm³/mol. The fourth-order valence-electron chi connectivity index (χ4n) is 0. The Morgan fingerprint density at radius 1 is 1.75 bits per heavy atom. The highest BCUT2D eigenvalue weighted by molar-refractivity contribution is 14.0. The van der Waals surface area contributed by atoms with Crippen LogP contribution in [0.1, 0.15) is 0 Å². The first kappa shape index (κ1) is 8.89. The molecule has 0 fully saturated rings. The van der Waals surface area contributed by atoms with Crippen LogP contribution in [0.25, 0.3) is 0 Å². The van der Waals surface area contributed by atoms with Crippen molar-refractivity contribution in [1.82, 2.24) is 0 Å². The van der Waals surface area contributed by atoms with E-state index < -0.39 is 0 Å². The Hall–Kier alpha value is 0.200. The Morgan fingerprint density at radius 3 is 1.75 bits per heavy atom. The van der Waals surface area contributed by atoms with Gasteiger partial charge in [-0.1, -0.05) is 0 Å². The molecule has 0 amide bonds. The van der Waals surface area contributed by atoms with E-state index in [-0.39, 0.29) is 24.0 Å². The zero-order chi connectivity index (χ0) is 2.71. The van der Waals surface area contributed by atoms with Crippen LogP contribution < -0.4 is 5.73 Å². The van der Waals surface area contributed by atoms with Crippen molar-refractivity contribution in [2.75, 3.05) is 0 Å². The number of rotatable bonds is 0. The molecule has 0 aromatic heterocycles. The van der Waals surface area contributed by atoms with Crippen molar-refractivity contribution in [2.45, 2.75) is 0 Å². The lowest BCUT2D eigenvalue weighted by Gasteiger charge is -1.38. The molecular weight excluding hydrogens is 167 g/mol. The van der Waals surface area contributed by atoms with E-state index in [1.807, 2.05) is 0 Å². The molecule has 0 aliphatic rings. The molecule has 0 saturated heterocycles. The molecule has 3 N–H and O–H groups in total. The molecule has 4 heavy (non-hydrogen) atoms. The Bertz CT molecular complexity index is 13.5. The van der Waals surface area contributed by atoms with E-state index in [0.29, 0.717) is 0 Å². The average Bonchev–Trinajstić information content (AvgIpc) is 0.918. The van der Waals surface area contributed by atoms with E-state index in [1.54, 1.807) is 0 Å². The first-order chi connectivity index (χ1) is 1.41. The van der Waals surface area contributed by atoms with Crippen molar-refractivity contribution in [3.63, 3.8) is 0 Å². The van der Waals surface area contributed by atoms with Crippen LogP contribution in [0.15, 0.2) is 0 Å². The van der Waals surface area contributed by atoms with Gasteiger partial charge in [0.2, 0.25) is 0 Å².